The number of aryl methyl sites for hydroxylation is 2. The zero-order chi connectivity index (χ0) is 22.8. The Morgan fingerprint density at radius 2 is 1.79 bits per heavy atom. The molecule has 0 radical (unpaired) electrons. The molecule has 1 aliphatic rings. The molecule has 4 aromatic rings. The number of carbonyl (C=O) groups is 1. The van der Waals surface area contributed by atoms with Crippen molar-refractivity contribution in [1.82, 2.24) is 15.2 Å². The van der Waals surface area contributed by atoms with Crippen LogP contribution in [0.1, 0.15) is 34.7 Å². The summed E-state index contributed by atoms with van der Waals surface area (Å²) in [5.41, 5.74) is 5.40. The number of nitrogens with zero attached hydrogens (tertiary/aromatic N) is 4. The molecular weight excluding hydrogens is 452 g/mol. The van der Waals surface area contributed by atoms with E-state index in [1.807, 2.05) is 17.5 Å². The minimum absolute atomic E-state index is 0.0939. The Morgan fingerprint density at radius 3 is 2.48 bits per heavy atom. The van der Waals surface area contributed by atoms with Gasteiger partial charge in [-0.15, -0.1) is 21.5 Å². The summed E-state index contributed by atoms with van der Waals surface area (Å²) in [4.78, 5) is 14.2. The van der Waals surface area contributed by atoms with Gasteiger partial charge in [0.15, 0.2) is 0 Å². The van der Waals surface area contributed by atoms with E-state index in [0.717, 1.165) is 21.7 Å². The molecule has 0 bridgehead atoms. The van der Waals surface area contributed by atoms with E-state index in [2.05, 4.69) is 72.6 Å². The van der Waals surface area contributed by atoms with Crippen LogP contribution >= 0.6 is 23.1 Å². The van der Waals surface area contributed by atoms with Gasteiger partial charge in [-0.25, -0.2) is 5.01 Å². The number of hydrogen-bond acceptors (Lipinski definition) is 7. The van der Waals surface area contributed by atoms with Gasteiger partial charge >= 0.3 is 0 Å². The van der Waals surface area contributed by atoms with Gasteiger partial charge in [0, 0.05) is 6.42 Å². The maximum Gasteiger partial charge on any atom is 0.277 e. The number of thiophene rings is 1. The third-order valence-electron chi connectivity index (χ3n) is 5.47. The quantitative estimate of drug-likeness (QED) is 0.326. The van der Waals surface area contributed by atoms with E-state index in [9.17, 15) is 4.79 Å². The largest absolute Gasteiger partial charge is 0.410 e. The van der Waals surface area contributed by atoms with Gasteiger partial charge in [-0.3, -0.25) is 4.79 Å². The van der Waals surface area contributed by atoms with E-state index in [1.165, 1.54) is 34.2 Å². The van der Waals surface area contributed by atoms with Crippen LogP contribution in [-0.2, 0) is 4.79 Å². The first kappa shape index (κ1) is 21.6. The summed E-state index contributed by atoms with van der Waals surface area (Å²) in [6, 6.07) is 20.3. The van der Waals surface area contributed by atoms with Gasteiger partial charge in [-0.05, 0) is 36.4 Å². The van der Waals surface area contributed by atoms with Crippen molar-refractivity contribution in [3.8, 4) is 10.8 Å². The number of hydrazone groups is 1. The third-order valence-corrected chi connectivity index (χ3v) is 7.13. The molecule has 166 valence electrons. The van der Waals surface area contributed by atoms with E-state index in [1.54, 1.807) is 5.01 Å². The van der Waals surface area contributed by atoms with Crippen LogP contribution in [0.25, 0.3) is 10.8 Å². The molecule has 33 heavy (non-hydrogen) atoms. The predicted octanol–water partition coefficient (Wildman–Crippen LogP) is 5.88. The Balaban J connectivity index is 1.35. The number of rotatable bonds is 6. The molecule has 1 atom stereocenters. The average Bonchev–Trinajstić information content (AvgIpc) is 3.59. The monoisotopic (exact) mass is 474 g/mol. The Morgan fingerprint density at radius 1 is 1.06 bits per heavy atom. The molecule has 0 aliphatic carbocycles. The molecule has 6 nitrogen and oxygen atoms in total. The molecule has 0 unspecified atom stereocenters. The molecule has 3 heterocycles. The Kier molecular flexibility index (Phi) is 6.11. The smallest absolute Gasteiger partial charge is 0.277 e. The molecule has 8 heteroatoms. The second-order valence-corrected chi connectivity index (χ2v) is 9.80. The highest BCUT2D eigenvalue weighted by Gasteiger charge is 2.33. The molecular formula is C25H22N4O2S2. The van der Waals surface area contributed by atoms with Crippen molar-refractivity contribution in [2.75, 3.05) is 5.75 Å². The van der Waals surface area contributed by atoms with Crippen LogP contribution in [0.3, 0.4) is 0 Å². The fourth-order valence-electron chi connectivity index (χ4n) is 3.67. The van der Waals surface area contributed by atoms with Crippen LogP contribution in [0.5, 0.6) is 0 Å². The van der Waals surface area contributed by atoms with Crippen LogP contribution < -0.4 is 0 Å². The zero-order valence-corrected chi connectivity index (χ0v) is 19.9. The SMILES string of the molecule is Cc1ccc(C2=NN(C(=O)CSc3nnc(-c4cccs4)o3)[C@H](c3ccc(C)cc3)C2)cc1. The Labute approximate surface area is 200 Å². The van der Waals surface area contributed by atoms with Gasteiger partial charge in [0.1, 0.15) is 0 Å². The molecule has 1 amide bonds. The van der Waals surface area contributed by atoms with Crippen molar-refractivity contribution in [1.29, 1.82) is 0 Å². The molecule has 0 spiro atoms. The van der Waals surface area contributed by atoms with Crippen LogP contribution in [0.2, 0.25) is 0 Å². The van der Waals surface area contributed by atoms with Crippen LogP contribution in [-0.4, -0.2) is 32.6 Å². The molecule has 0 saturated carbocycles. The topological polar surface area (TPSA) is 71.6 Å². The van der Waals surface area contributed by atoms with E-state index in [0.29, 0.717) is 17.5 Å². The maximum atomic E-state index is 13.2. The van der Waals surface area contributed by atoms with Crippen molar-refractivity contribution in [3.05, 3.63) is 88.3 Å². The van der Waals surface area contributed by atoms with Crippen molar-refractivity contribution < 1.29 is 9.21 Å². The lowest BCUT2D eigenvalue weighted by atomic mass is 9.97. The summed E-state index contributed by atoms with van der Waals surface area (Å²) < 4.78 is 5.71. The number of benzene rings is 2. The second kappa shape index (κ2) is 9.33. The minimum Gasteiger partial charge on any atom is -0.410 e. The summed E-state index contributed by atoms with van der Waals surface area (Å²) >= 11 is 2.77. The molecule has 0 saturated heterocycles. The molecule has 0 N–H and O–H groups in total. The second-order valence-electron chi connectivity index (χ2n) is 7.92. The van der Waals surface area contributed by atoms with Crippen LogP contribution in [0.4, 0.5) is 0 Å². The first-order valence-electron chi connectivity index (χ1n) is 10.6. The molecule has 5 rings (SSSR count). The van der Waals surface area contributed by atoms with E-state index < -0.39 is 0 Å². The highest BCUT2D eigenvalue weighted by atomic mass is 32.2. The fraction of sp³-hybridized carbons (Fsp3) is 0.200. The standard InChI is InChI=1S/C25H22N4O2S2/c1-16-5-9-18(10-6-16)20-14-21(19-11-7-17(2)8-12-19)29(28-20)23(30)15-33-25-27-26-24(31-25)22-4-3-13-32-22/h3-13,21H,14-15H2,1-2H3/t21-/m0/s1. The van der Waals surface area contributed by atoms with Crippen molar-refractivity contribution in [3.63, 3.8) is 0 Å². The highest BCUT2D eigenvalue weighted by molar-refractivity contribution is 7.99. The third kappa shape index (κ3) is 4.77. The number of aromatic nitrogens is 2. The van der Waals surface area contributed by atoms with Gasteiger partial charge in [-0.1, -0.05) is 77.5 Å². The summed E-state index contributed by atoms with van der Waals surface area (Å²) in [7, 11) is 0. The first-order chi connectivity index (χ1) is 16.1. The summed E-state index contributed by atoms with van der Waals surface area (Å²) in [5.74, 6) is 0.543. The highest BCUT2D eigenvalue weighted by Crippen LogP contribution is 2.34. The van der Waals surface area contributed by atoms with E-state index in [4.69, 9.17) is 9.52 Å². The molecule has 0 fully saturated rings. The summed E-state index contributed by atoms with van der Waals surface area (Å²) in [5, 5.41) is 16.9. The van der Waals surface area contributed by atoms with Gasteiger partial charge in [0.25, 0.3) is 17.0 Å². The lowest BCUT2D eigenvalue weighted by Gasteiger charge is -2.21. The van der Waals surface area contributed by atoms with Gasteiger partial charge in [0.2, 0.25) is 0 Å². The maximum absolute atomic E-state index is 13.2. The van der Waals surface area contributed by atoms with Crippen molar-refractivity contribution in [2.45, 2.75) is 31.5 Å². The fourth-order valence-corrected chi connectivity index (χ4v) is 4.93. The number of hydrogen-bond donors (Lipinski definition) is 0. The van der Waals surface area contributed by atoms with Crippen molar-refractivity contribution in [2.24, 2.45) is 5.10 Å². The number of carbonyl (C=O) groups excluding carboxylic acids is 1. The molecule has 2 aromatic heterocycles. The first-order valence-corrected chi connectivity index (χ1v) is 12.5. The normalized spacial score (nSPS) is 15.6. The Bertz CT molecular complexity index is 1280. The van der Waals surface area contributed by atoms with Gasteiger partial charge in [-0.2, -0.15) is 5.10 Å². The molecule has 2 aromatic carbocycles. The van der Waals surface area contributed by atoms with E-state index in [-0.39, 0.29) is 17.7 Å². The average molecular weight is 475 g/mol. The van der Waals surface area contributed by atoms with Crippen LogP contribution in [0.15, 0.2) is 80.8 Å². The zero-order valence-electron chi connectivity index (χ0n) is 18.3. The van der Waals surface area contributed by atoms with Crippen molar-refractivity contribution >= 4 is 34.7 Å². The predicted molar refractivity (Wildman–Crippen MR) is 131 cm³/mol. The lowest BCUT2D eigenvalue weighted by molar-refractivity contribution is -0.130. The lowest BCUT2D eigenvalue weighted by Crippen LogP contribution is -2.28. The van der Waals surface area contributed by atoms with E-state index >= 15 is 0 Å². The Hall–Kier alpha value is -3.23. The van der Waals surface area contributed by atoms with Crippen LogP contribution in [0, 0.1) is 13.8 Å². The molecule has 1 aliphatic heterocycles. The number of amides is 1. The minimum atomic E-state index is -0.139. The summed E-state index contributed by atoms with van der Waals surface area (Å²) in [6.45, 7) is 4.12. The number of thioether (sulfide) groups is 1. The summed E-state index contributed by atoms with van der Waals surface area (Å²) in [6.07, 6.45) is 0.672. The van der Waals surface area contributed by atoms with Gasteiger partial charge < -0.3 is 4.42 Å². The van der Waals surface area contributed by atoms with Gasteiger partial charge in [0.05, 0.1) is 22.4 Å².